The van der Waals surface area contributed by atoms with Gasteiger partial charge in [-0.2, -0.15) is 0 Å². The first-order valence-electron chi connectivity index (χ1n) is 16.6. The van der Waals surface area contributed by atoms with Crippen LogP contribution in [-0.2, 0) is 0 Å². The first-order valence-corrected chi connectivity index (χ1v) is 18.2. The third-order valence-electron chi connectivity index (χ3n) is 9.68. The van der Waals surface area contributed by atoms with Gasteiger partial charge in [0.1, 0.15) is 0 Å². The van der Waals surface area contributed by atoms with E-state index in [2.05, 4.69) is 181 Å². The van der Waals surface area contributed by atoms with Crippen LogP contribution in [0.25, 0.3) is 73.4 Å². The monoisotopic (exact) mass is 659 g/mol. The Balaban J connectivity index is 1.21. The maximum atomic E-state index is 2.47. The molecular weight excluding hydrogens is 631 g/mol. The highest BCUT2D eigenvalue weighted by molar-refractivity contribution is 7.26. The van der Waals surface area contributed by atoms with E-state index in [9.17, 15) is 0 Å². The molecule has 0 bridgehead atoms. The number of anilines is 3. The molecule has 2 aromatic heterocycles. The van der Waals surface area contributed by atoms with Gasteiger partial charge in [-0.15, -0.1) is 22.7 Å². The van der Waals surface area contributed by atoms with Crippen LogP contribution in [0.1, 0.15) is 0 Å². The van der Waals surface area contributed by atoms with Crippen molar-refractivity contribution in [1.82, 2.24) is 0 Å². The van der Waals surface area contributed by atoms with Crippen molar-refractivity contribution in [2.75, 3.05) is 4.90 Å². The fraction of sp³-hybridized carbons (Fsp3) is 0. The summed E-state index contributed by atoms with van der Waals surface area (Å²) < 4.78 is 5.25. The van der Waals surface area contributed by atoms with E-state index in [1.54, 1.807) is 0 Å². The lowest BCUT2D eigenvalue weighted by Crippen LogP contribution is -2.10. The maximum Gasteiger partial charge on any atom is 0.0641 e. The minimum atomic E-state index is 1.13. The fourth-order valence-corrected chi connectivity index (χ4v) is 9.90. The Morgan fingerprint density at radius 2 is 0.959 bits per heavy atom. The highest BCUT2D eigenvalue weighted by Crippen LogP contribution is 2.49. The van der Waals surface area contributed by atoms with E-state index in [1.807, 2.05) is 22.7 Å². The molecule has 0 saturated carbocycles. The van der Waals surface area contributed by atoms with Gasteiger partial charge < -0.3 is 4.90 Å². The maximum absolute atomic E-state index is 2.47. The highest BCUT2D eigenvalue weighted by Gasteiger charge is 2.22. The van der Waals surface area contributed by atoms with Crippen molar-refractivity contribution >= 4 is 90.9 Å². The lowest BCUT2D eigenvalue weighted by Gasteiger charge is -2.28. The molecular formula is C46H29NS2. The third kappa shape index (κ3) is 4.58. The molecule has 0 aliphatic carbocycles. The molecule has 10 aromatic rings. The van der Waals surface area contributed by atoms with Crippen LogP contribution in [0.4, 0.5) is 17.1 Å². The molecule has 3 heteroatoms. The van der Waals surface area contributed by atoms with Gasteiger partial charge in [0.05, 0.1) is 16.1 Å². The molecule has 8 aromatic carbocycles. The van der Waals surface area contributed by atoms with Crippen LogP contribution >= 0.6 is 22.7 Å². The smallest absolute Gasteiger partial charge is 0.0641 e. The molecule has 0 aliphatic rings. The van der Waals surface area contributed by atoms with Crippen LogP contribution in [0.5, 0.6) is 0 Å². The standard InChI is InChI=1S/C46H29NS2/c1-2-12-31(13-3-1)35-28-29-41(46-44(35)39-18-7-9-23-43(39)49-46)47(40-21-10-15-30-14-4-5-16-34(30)40)33-26-24-32(25-27-33)36-19-11-20-38-37-17-6-8-22-42(37)48-45(36)38/h1-29H. The predicted octanol–water partition coefficient (Wildman–Crippen LogP) is 14.4. The van der Waals surface area contributed by atoms with Crippen molar-refractivity contribution in [3.63, 3.8) is 0 Å². The summed E-state index contributed by atoms with van der Waals surface area (Å²) in [7, 11) is 0. The molecule has 0 radical (unpaired) electrons. The summed E-state index contributed by atoms with van der Waals surface area (Å²) in [5, 5.41) is 7.71. The molecule has 0 atom stereocenters. The van der Waals surface area contributed by atoms with Crippen LogP contribution in [0.3, 0.4) is 0 Å². The van der Waals surface area contributed by atoms with Gasteiger partial charge in [-0.1, -0.05) is 140 Å². The Morgan fingerprint density at radius 3 is 1.80 bits per heavy atom. The zero-order chi connectivity index (χ0) is 32.3. The average molecular weight is 660 g/mol. The number of hydrogen-bond acceptors (Lipinski definition) is 3. The lowest BCUT2D eigenvalue weighted by molar-refractivity contribution is 1.32. The van der Waals surface area contributed by atoms with Gasteiger partial charge in [-0.25, -0.2) is 0 Å². The van der Waals surface area contributed by atoms with Gasteiger partial charge in [-0.3, -0.25) is 0 Å². The van der Waals surface area contributed by atoms with Gasteiger partial charge in [0, 0.05) is 46.7 Å². The van der Waals surface area contributed by atoms with Crippen LogP contribution < -0.4 is 4.90 Å². The van der Waals surface area contributed by atoms with Crippen LogP contribution in [0.15, 0.2) is 176 Å². The second-order valence-corrected chi connectivity index (χ2v) is 14.6. The molecule has 230 valence electrons. The van der Waals surface area contributed by atoms with E-state index in [0.29, 0.717) is 0 Å². The quantitative estimate of drug-likeness (QED) is 0.178. The van der Waals surface area contributed by atoms with Crippen molar-refractivity contribution in [2.45, 2.75) is 0 Å². The van der Waals surface area contributed by atoms with Crippen molar-refractivity contribution in [2.24, 2.45) is 0 Å². The fourth-order valence-electron chi connectivity index (χ4n) is 7.42. The second-order valence-electron chi connectivity index (χ2n) is 12.5. The van der Waals surface area contributed by atoms with Crippen molar-refractivity contribution < 1.29 is 0 Å². The van der Waals surface area contributed by atoms with Crippen molar-refractivity contribution in [3.05, 3.63) is 176 Å². The molecule has 2 heterocycles. The minimum absolute atomic E-state index is 1.13. The molecule has 0 N–H and O–H groups in total. The highest BCUT2D eigenvalue weighted by atomic mass is 32.1. The summed E-state index contributed by atoms with van der Waals surface area (Å²) in [6.07, 6.45) is 0. The van der Waals surface area contributed by atoms with Gasteiger partial charge in [-0.05, 0) is 64.0 Å². The minimum Gasteiger partial charge on any atom is -0.308 e. The van der Waals surface area contributed by atoms with E-state index < -0.39 is 0 Å². The van der Waals surface area contributed by atoms with E-state index in [4.69, 9.17) is 0 Å². The van der Waals surface area contributed by atoms with Crippen LogP contribution in [-0.4, -0.2) is 0 Å². The zero-order valence-corrected chi connectivity index (χ0v) is 28.1. The summed E-state index contributed by atoms with van der Waals surface area (Å²) >= 11 is 3.77. The number of hydrogen-bond donors (Lipinski definition) is 0. The number of fused-ring (bicyclic) bond motifs is 7. The predicted molar refractivity (Wildman–Crippen MR) is 215 cm³/mol. The molecule has 1 nitrogen and oxygen atoms in total. The molecule has 0 aliphatic heterocycles. The van der Waals surface area contributed by atoms with Crippen molar-refractivity contribution in [1.29, 1.82) is 0 Å². The summed E-state index contributed by atoms with van der Waals surface area (Å²) in [6, 6.07) is 64.3. The van der Waals surface area contributed by atoms with Gasteiger partial charge in [0.2, 0.25) is 0 Å². The Bertz CT molecular complexity index is 2820. The number of nitrogens with zero attached hydrogens (tertiary/aromatic N) is 1. The van der Waals surface area contributed by atoms with Crippen molar-refractivity contribution in [3.8, 4) is 22.3 Å². The van der Waals surface area contributed by atoms with E-state index >= 15 is 0 Å². The summed E-state index contributed by atoms with van der Waals surface area (Å²) in [4.78, 5) is 2.47. The summed E-state index contributed by atoms with van der Waals surface area (Å²) in [6.45, 7) is 0. The summed E-state index contributed by atoms with van der Waals surface area (Å²) in [5.41, 5.74) is 8.50. The number of benzene rings is 8. The first kappa shape index (κ1) is 28.3. The lowest BCUT2D eigenvalue weighted by atomic mass is 9.97. The van der Waals surface area contributed by atoms with Gasteiger partial charge in [0.15, 0.2) is 0 Å². The molecule has 0 unspecified atom stereocenters. The molecule has 0 fully saturated rings. The Hall–Kier alpha value is -5.74. The molecule has 0 saturated heterocycles. The van der Waals surface area contributed by atoms with Gasteiger partial charge >= 0.3 is 0 Å². The topological polar surface area (TPSA) is 3.24 Å². The Labute approximate surface area is 292 Å². The molecule has 49 heavy (non-hydrogen) atoms. The van der Waals surface area contributed by atoms with Gasteiger partial charge in [0.25, 0.3) is 0 Å². The Morgan fingerprint density at radius 1 is 0.347 bits per heavy atom. The van der Waals surface area contributed by atoms with Crippen LogP contribution in [0, 0.1) is 0 Å². The van der Waals surface area contributed by atoms with Crippen LogP contribution in [0.2, 0.25) is 0 Å². The summed E-state index contributed by atoms with van der Waals surface area (Å²) in [5.74, 6) is 0. The number of rotatable bonds is 5. The molecule has 10 rings (SSSR count). The Kier molecular flexibility index (Phi) is 6.61. The van der Waals surface area contributed by atoms with E-state index in [0.717, 1.165) is 5.69 Å². The zero-order valence-electron chi connectivity index (χ0n) is 26.5. The largest absolute Gasteiger partial charge is 0.308 e. The normalized spacial score (nSPS) is 11.7. The average Bonchev–Trinajstić information content (AvgIpc) is 3.75. The second kappa shape index (κ2) is 11.5. The first-order chi connectivity index (χ1) is 24.3. The van der Waals surface area contributed by atoms with E-state index in [-0.39, 0.29) is 0 Å². The van der Waals surface area contributed by atoms with E-state index in [1.165, 1.54) is 84.7 Å². The molecule has 0 amide bonds. The SMILES string of the molecule is c1ccc(-c2ccc(N(c3ccc(-c4cccc5c4sc4ccccc45)cc3)c3cccc4ccccc34)c3sc4ccccc4c23)cc1. The third-order valence-corrected chi connectivity index (χ3v) is 12.1. The molecule has 0 spiro atoms. The number of thiophene rings is 2.